The molecule has 2 aromatic carbocycles. The van der Waals surface area contributed by atoms with E-state index in [-0.39, 0.29) is 5.91 Å². The first kappa shape index (κ1) is 18.5. The summed E-state index contributed by atoms with van der Waals surface area (Å²) >= 11 is 7.51. The van der Waals surface area contributed by atoms with E-state index in [9.17, 15) is 4.79 Å². The molecule has 1 aromatic heterocycles. The first-order valence-corrected chi connectivity index (χ1v) is 9.53. The zero-order valence-corrected chi connectivity index (χ0v) is 16.5. The van der Waals surface area contributed by atoms with Crippen molar-refractivity contribution in [2.45, 2.75) is 27.4 Å². The fourth-order valence-electron chi connectivity index (χ4n) is 2.46. The third kappa shape index (κ3) is 4.45. The van der Waals surface area contributed by atoms with Gasteiger partial charge in [0.15, 0.2) is 0 Å². The normalized spacial score (nSPS) is 10.6. The molecule has 1 amide bonds. The molecule has 0 saturated heterocycles. The number of amides is 1. The molecule has 0 aliphatic rings. The molecule has 0 unspecified atom stereocenters. The lowest BCUT2D eigenvalue weighted by molar-refractivity contribution is 0.103. The van der Waals surface area contributed by atoms with E-state index in [0.29, 0.717) is 22.2 Å². The standard InChI is InChI=1S/C21H20ClNO2S/c1-13-4-5-15(3)19(8-13)25-11-16-9-20(26-12-16)21(24)23-17-7-6-14(2)18(22)10-17/h4-10,12H,11H2,1-3H3,(H,23,24). The molecule has 1 heterocycles. The van der Waals surface area contributed by atoms with Crippen molar-refractivity contribution in [2.24, 2.45) is 0 Å². The summed E-state index contributed by atoms with van der Waals surface area (Å²) in [6, 6.07) is 13.5. The van der Waals surface area contributed by atoms with Gasteiger partial charge in [-0.15, -0.1) is 11.3 Å². The molecule has 0 bridgehead atoms. The molecule has 0 atom stereocenters. The molecule has 0 saturated carbocycles. The summed E-state index contributed by atoms with van der Waals surface area (Å²) in [4.78, 5) is 13.1. The highest BCUT2D eigenvalue weighted by molar-refractivity contribution is 7.12. The minimum absolute atomic E-state index is 0.145. The van der Waals surface area contributed by atoms with Gasteiger partial charge in [0.05, 0.1) is 4.88 Å². The van der Waals surface area contributed by atoms with Gasteiger partial charge in [0.25, 0.3) is 5.91 Å². The monoisotopic (exact) mass is 385 g/mol. The van der Waals surface area contributed by atoms with Crippen LogP contribution in [0.1, 0.15) is 31.9 Å². The number of anilines is 1. The molecule has 3 nitrogen and oxygen atoms in total. The fourth-order valence-corrected chi connectivity index (χ4v) is 3.43. The minimum Gasteiger partial charge on any atom is -0.489 e. The summed E-state index contributed by atoms with van der Waals surface area (Å²) < 4.78 is 5.90. The van der Waals surface area contributed by atoms with Crippen molar-refractivity contribution in [3.05, 3.63) is 80.0 Å². The van der Waals surface area contributed by atoms with Crippen LogP contribution in [0.4, 0.5) is 5.69 Å². The topological polar surface area (TPSA) is 38.3 Å². The van der Waals surface area contributed by atoms with E-state index in [2.05, 4.69) is 11.4 Å². The summed E-state index contributed by atoms with van der Waals surface area (Å²) in [6.45, 7) is 6.42. The number of halogens is 1. The quantitative estimate of drug-likeness (QED) is 0.571. The van der Waals surface area contributed by atoms with Crippen molar-refractivity contribution in [1.29, 1.82) is 0 Å². The van der Waals surface area contributed by atoms with Crippen LogP contribution in [0.15, 0.2) is 47.8 Å². The van der Waals surface area contributed by atoms with Gasteiger partial charge in [0.1, 0.15) is 12.4 Å². The lowest BCUT2D eigenvalue weighted by atomic mass is 10.1. The van der Waals surface area contributed by atoms with Crippen molar-refractivity contribution >= 4 is 34.5 Å². The van der Waals surface area contributed by atoms with E-state index in [1.807, 2.05) is 56.5 Å². The molecule has 3 rings (SSSR count). The van der Waals surface area contributed by atoms with E-state index in [1.54, 1.807) is 6.07 Å². The number of benzene rings is 2. The Bertz CT molecular complexity index is 949. The number of aryl methyl sites for hydroxylation is 3. The predicted octanol–water partition coefficient (Wildman–Crippen LogP) is 6.16. The van der Waals surface area contributed by atoms with Crippen LogP contribution >= 0.6 is 22.9 Å². The number of hydrogen-bond donors (Lipinski definition) is 1. The molecule has 0 spiro atoms. The summed E-state index contributed by atoms with van der Waals surface area (Å²) in [5.41, 5.74) is 4.90. The lowest BCUT2D eigenvalue weighted by Gasteiger charge is -2.09. The molecule has 1 N–H and O–H groups in total. The third-order valence-corrected chi connectivity index (χ3v) is 5.43. The SMILES string of the molecule is Cc1ccc(C)c(OCc2csc(C(=O)Nc3ccc(C)c(Cl)c3)c2)c1. The van der Waals surface area contributed by atoms with Crippen LogP contribution in [0.3, 0.4) is 0 Å². The molecule has 0 aliphatic carbocycles. The molecule has 0 radical (unpaired) electrons. The summed E-state index contributed by atoms with van der Waals surface area (Å²) in [5.74, 6) is 0.726. The van der Waals surface area contributed by atoms with Gasteiger partial charge in [-0.05, 0) is 67.1 Å². The van der Waals surface area contributed by atoms with E-state index >= 15 is 0 Å². The number of carbonyl (C=O) groups excluding carboxylic acids is 1. The van der Waals surface area contributed by atoms with E-state index < -0.39 is 0 Å². The highest BCUT2D eigenvalue weighted by atomic mass is 35.5. The van der Waals surface area contributed by atoms with Gasteiger partial charge in [-0.25, -0.2) is 0 Å². The van der Waals surface area contributed by atoms with Crippen molar-refractivity contribution in [3.8, 4) is 5.75 Å². The van der Waals surface area contributed by atoms with E-state index in [4.69, 9.17) is 16.3 Å². The number of thiophene rings is 1. The summed E-state index contributed by atoms with van der Waals surface area (Å²) in [7, 11) is 0. The zero-order chi connectivity index (χ0) is 18.7. The Kier molecular flexibility index (Phi) is 5.64. The maximum atomic E-state index is 12.4. The Labute approximate surface area is 162 Å². The highest BCUT2D eigenvalue weighted by Crippen LogP contribution is 2.24. The predicted molar refractivity (Wildman–Crippen MR) is 109 cm³/mol. The second-order valence-electron chi connectivity index (χ2n) is 6.29. The Balaban J connectivity index is 1.64. The van der Waals surface area contributed by atoms with Crippen LogP contribution < -0.4 is 10.1 Å². The van der Waals surface area contributed by atoms with Crippen LogP contribution in [-0.2, 0) is 6.61 Å². The molecular formula is C21H20ClNO2S. The van der Waals surface area contributed by atoms with Gasteiger partial charge in [-0.3, -0.25) is 4.79 Å². The van der Waals surface area contributed by atoms with E-state index in [0.717, 1.165) is 28.0 Å². The van der Waals surface area contributed by atoms with Crippen LogP contribution in [-0.4, -0.2) is 5.91 Å². The number of carbonyl (C=O) groups is 1. The van der Waals surface area contributed by atoms with Crippen LogP contribution in [0.5, 0.6) is 5.75 Å². The number of hydrogen-bond acceptors (Lipinski definition) is 3. The highest BCUT2D eigenvalue weighted by Gasteiger charge is 2.11. The van der Waals surface area contributed by atoms with Gasteiger partial charge >= 0.3 is 0 Å². The second kappa shape index (κ2) is 7.94. The fraction of sp³-hybridized carbons (Fsp3) is 0.190. The van der Waals surface area contributed by atoms with Gasteiger partial charge in [-0.2, -0.15) is 0 Å². The molecule has 0 fully saturated rings. The smallest absolute Gasteiger partial charge is 0.265 e. The molecule has 3 aromatic rings. The Morgan fingerprint density at radius 3 is 2.62 bits per heavy atom. The first-order chi connectivity index (χ1) is 12.4. The van der Waals surface area contributed by atoms with Gasteiger partial charge in [-0.1, -0.05) is 29.8 Å². The summed E-state index contributed by atoms with van der Waals surface area (Å²) in [6.07, 6.45) is 0. The minimum atomic E-state index is -0.145. The van der Waals surface area contributed by atoms with Crippen LogP contribution in [0.2, 0.25) is 5.02 Å². The molecule has 26 heavy (non-hydrogen) atoms. The number of nitrogens with one attached hydrogen (secondary N) is 1. The van der Waals surface area contributed by atoms with Gasteiger partial charge in [0.2, 0.25) is 0 Å². The molecule has 134 valence electrons. The van der Waals surface area contributed by atoms with Crippen molar-refractivity contribution in [3.63, 3.8) is 0 Å². The number of ether oxygens (including phenoxy) is 1. The Hall–Kier alpha value is -2.30. The van der Waals surface area contributed by atoms with Gasteiger partial charge < -0.3 is 10.1 Å². The zero-order valence-electron chi connectivity index (χ0n) is 14.9. The van der Waals surface area contributed by atoms with Crippen molar-refractivity contribution in [2.75, 3.05) is 5.32 Å². The lowest BCUT2D eigenvalue weighted by Crippen LogP contribution is -2.10. The van der Waals surface area contributed by atoms with Crippen molar-refractivity contribution in [1.82, 2.24) is 0 Å². The maximum Gasteiger partial charge on any atom is 0.265 e. The number of rotatable bonds is 5. The summed E-state index contributed by atoms with van der Waals surface area (Å²) in [5, 5.41) is 5.46. The third-order valence-electron chi connectivity index (χ3n) is 4.05. The van der Waals surface area contributed by atoms with E-state index in [1.165, 1.54) is 11.3 Å². The average Bonchev–Trinajstić information content (AvgIpc) is 3.08. The van der Waals surface area contributed by atoms with Gasteiger partial charge in [0, 0.05) is 16.3 Å². The second-order valence-corrected chi connectivity index (χ2v) is 7.61. The average molecular weight is 386 g/mol. The van der Waals surface area contributed by atoms with Crippen molar-refractivity contribution < 1.29 is 9.53 Å². The molecule has 0 aliphatic heterocycles. The van der Waals surface area contributed by atoms with Crippen LogP contribution in [0, 0.1) is 20.8 Å². The Morgan fingerprint density at radius 2 is 1.85 bits per heavy atom. The molecular weight excluding hydrogens is 366 g/mol. The largest absolute Gasteiger partial charge is 0.489 e. The maximum absolute atomic E-state index is 12.4. The molecule has 5 heteroatoms. The Morgan fingerprint density at radius 1 is 1.08 bits per heavy atom. The first-order valence-electron chi connectivity index (χ1n) is 8.27. The van der Waals surface area contributed by atoms with Crippen LogP contribution in [0.25, 0.3) is 0 Å².